The maximum Gasteiger partial charge on any atom is 0.416 e. The number of nitrogens with zero attached hydrogens (tertiary/aromatic N) is 1. The minimum atomic E-state index is -4.63. The highest BCUT2D eigenvalue weighted by molar-refractivity contribution is 9.10. The Kier molecular flexibility index (Phi) is 6.70. The van der Waals surface area contributed by atoms with Crippen LogP contribution in [0.1, 0.15) is 19.4 Å². The third-order valence-electron chi connectivity index (χ3n) is 2.73. The Labute approximate surface area is 143 Å². The Morgan fingerprint density at radius 3 is 2.12 bits per heavy atom. The number of halogens is 5. The third-order valence-corrected chi connectivity index (χ3v) is 3.39. The van der Waals surface area contributed by atoms with E-state index < -0.39 is 22.5 Å². The molecule has 2 rings (SSSR count). The van der Waals surface area contributed by atoms with Crippen LogP contribution in [0, 0.1) is 15.9 Å². The molecule has 0 amide bonds. The molecule has 0 radical (unpaired) electrons. The first-order chi connectivity index (χ1) is 11.2. The van der Waals surface area contributed by atoms with Crippen LogP contribution in [0.3, 0.4) is 0 Å². The van der Waals surface area contributed by atoms with Crippen molar-refractivity contribution in [3.63, 3.8) is 0 Å². The van der Waals surface area contributed by atoms with Gasteiger partial charge in [0.15, 0.2) is 0 Å². The van der Waals surface area contributed by atoms with Crippen molar-refractivity contribution in [1.29, 1.82) is 0 Å². The summed E-state index contributed by atoms with van der Waals surface area (Å²) in [5, 5.41) is 13.2. The Balaban J connectivity index is 0.00000139. The van der Waals surface area contributed by atoms with Crippen molar-refractivity contribution in [3.05, 3.63) is 62.4 Å². The van der Waals surface area contributed by atoms with Crippen molar-refractivity contribution in [1.82, 2.24) is 0 Å². The van der Waals surface area contributed by atoms with Gasteiger partial charge in [-0.2, -0.15) is 13.2 Å². The van der Waals surface area contributed by atoms with Crippen molar-refractivity contribution in [2.24, 2.45) is 0 Å². The molecule has 0 unspecified atom stereocenters. The molecule has 2 aromatic carbocycles. The second-order valence-electron chi connectivity index (χ2n) is 4.24. The van der Waals surface area contributed by atoms with E-state index in [1.54, 1.807) is 0 Å². The molecule has 0 aromatic heterocycles. The Hall–Kier alpha value is -2.16. The highest BCUT2D eigenvalue weighted by Gasteiger charge is 2.31. The molecular formula is C15H13BrF4N2O2. The number of non-ortho nitro benzene ring substituents is 1. The predicted octanol–water partition coefficient (Wildman–Crippen LogP) is 6.29. The van der Waals surface area contributed by atoms with Gasteiger partial charge in [-0.1, -0.05) is 13.8 Å². The summed E-state index contributed by atoms with van der Waals surface area (Å²) >= 11 is 3.07. The van der Waals surface area contributed by atoms with E-state index in [1.165, 1.54) is 18.2 Å². The minimum absolute atomic E-state index is 0.176. The molecule has 0 atom stereocenters. The van der Waals surface area contributed by atoms with Crippen LogP contribution in [-0.2, 0) is 6.18 Å². The Bertz CT molecular complexity index is 736. The van der Waals surface area contributed by atoms with E-state index in [4.69, 9.17) is 0 Å². The van der Waals surface area contributed by atoms with Crippen LogP contribution in [0.15, 0.2) is 40.9 Å². The van der Waals surface area contributed by atoms with Gasteiger partial charge in [0.05, 0.1) is 21.9 Å². The number of nitro groups is 1. The number of nitrogens with one attached hydrogen (secondary N) is 1. The van der Waals surface area contributed by atoms with Gasteiger partial charge in [0, 0.05) is 16.6 Å². The van der Waals surface area contributed by atoms with Crippen molar-refractivity contribution in [2.45, 2.75) is 20.0 Å². The first-order valence-electron chi connectivity index (χ1n) is 6.76. The van der Waals surface area contributed by atoms with E-state index in [9.17, 15) is 27.7 Å². The fraction of sp³-hybridized carbons (Fsp3) is 0.200. The fourth-order valence-corrected chi connectivity index (χ4v) is 2.12. The van der Waals surface area contributed by atoms with Gasteiger partial charge in [-0.25, -0.2) is 4.39 Å². The Morgan fingerprint density at radius 2 is 1.67 bits per heavy atom. The van der Waals surface area contributed by atoms with Crippen LogP contribution in [0.2, 0.25) is 0 Å². The quantitative estimate of drug-likeness (QED) is 0.369. The molecule has 0 aliphatic carbocycles. The average molecular weight is 409 g/mol. The number of alkyl halides is 3. The molecule has 2 aromatic rings. The van der Waals surface area contributed by atoms with Gasteiger partial charge in [-0.15, -0.1) is 0 Å². The third kappa shape index (κ3) is 4.92. The monoisotopic (exact) mass is 408 g/mol. The topological polar surface area (TPSA) is 55.2 Å². The molecule has 0 heterocycles. The van der Waals surface area contributed by atoms with Gasteiger partial charge < -0.3 is 5.32 Å². The molecule has 0 bridgehead atoms. The summed E-state index contributed by atoms with van der Waals surface area (Å²) in [5.41, 5.74) is -1.17. The second-order valence-corrected chi connectivity index (χ2v) is 5.09. The molecule has 0 spiro atoms. The SMILES string of the molecule is CC.O=[N+]([O-])c1ccc(Nc2ccc(C(F)(F)F)cc2F)c(Br)c1. The number of nitro benzene ring substituents is 1. The van der Waals surface area contributed by atoms with Gasteiger partial charge in [-0.05, 0) is 40.2 Å². The maximum atomic E-state index is 13.7. The van der Waals surface area contributed by atoms with E-state index in [2.05, 4.69) is 21.2 Å². The zero-order valence-corrected chi connectivity index (χ0v) is 14.2. The first kappa shape index (κ1) is 19.9. The van der Waals surface area contributed by atoms with Gasteiger partial charge in [0.25, 0.3) is 5.69 Å². The number of benzene rings is 2. The minimum Gasteiger partial charge on any atom is -0.352 e. The van der Waals surface area contributed by atoms with Crippen LogP contribution in [-0.4, -0.2) is 4.92 Å². The molecule has 9 heteroatoms. The zero-order chi connectivity index (χ0) is 18.5. The van der Waals surface area contributed by atoms with Crippen LogP contribution in [0.4, 0.5) is 34.6 Å². The fourth-order valence-electron chi connectivity index (χ4n) is 1.66. The van der Waals surface area contributed by atoms with Gasteiger partial charge >= 0.3 is 6.18 Å². The molecular weight excluding hydrogens is 396 g/mol. The van der Waals surface area contributed by atoms with Crippen LogP contribution in [0.25, 0.3) is 0 Å². The van der Waals surface area contributed by atoms with Crippen molar-refractivity contribution in [2.75, 3.05) is 5.32 Å². The van der Waals surface area contributed by atoms with Crippen molar-refractivity contribution in [3.8, 4) is 0 Å². The highest BCUT2D eigenvalue weighted by Crippen LogP contribution is 2.34. The van der Waals surface area contributed by atoms with Gasteiger partial charge in [0.1, 0.15) is 5.82 Å². The highest BCUT2D eigenvalue weighted by atomic mass is 79.9. The van der Waals surface area contributed by atoms with E-state index in [-0.39, 0.29) is 21.5 Å². The van der Waals surface area contributed by atoms with Crippen LogP contribution < -0.4 is 5.32 Å². The molecule has 130 valence electrons. The lowest BCUT2D eigenvalue weighted by Gasteiger charge is -2.12. The predicted molar refractivity (Wildman–Crippen MR) is 86.8 cm³/mol. The maximum absolute atomic E-state index is 13.7. The lowest BCUT2D eigenvalue weighted by molar-refractivity contribution is -0.384. The number of hydrogen-bond donors (Lipinski definition) is 1. The van der Waals surface area contributed by atoms with Crippen LogP contribution >= 0.6 is 15.9 Å². The molecule has 4 nitrogen and oxygen atoms in total. The van der Waals surface area contributed by atoms with Gasteiger partial charge in [0.2, 0.25) is 0 Å². The summed E-state index contributed by atoms with van der Waals surface area (Å²) in [5.74, 6) is -1.08. The summed E-state index contributed by atoms with van der Waals surface area (Å²) in [4.78, 5) is 10.0. The smallest absolute Gasteiger partial charge is 0.352 e. The van der Waals surface area contributed by atoms with Crippen molar-refractivity contribution >= 4 is 33.0 Å². The lowest BCUT2D eigenvalue weighted by Crippen LogP contribution is -2.06. The standard InChI is InChI=1S/C13H7BrF4N2O2.C2H6/c14-9-6-8(20(21)22)2-4-11(9)19-12-3-1-7(5-10(12)15)13(16,17)18;1-2/h1-6,19H;1-2H3. The number of anilines is 2. The summed E-state index contributed by atoms with van der Waals surface area (Å²) in [6, 6.07) is 5.77. The summed E-state index contributed by atoms with van der Waals surface area (Å²) in [6.07, 6.45) is -4.63. The van der Waals surface area contributed by atoms with Crippen LogP contribution in [0.5, 0.6) is 0 Å². The first-order valence-corrected chi connectivity index (χ1v) is 7.55. The molecule has 0 saturated heterocycles. The molecule has 0 aliphatic rings. The summed E-state index contributed by atoms with van der Waals surface area (Å²) in [7, 11) is 0. The average Bonchev–Trinajstić information content (AvgIpc) is 2.51. The largest absolute Gasteiger partial charge is 0.416 e. The van der Waals surface area contributed by atoms with E-state index in [0.29, 0.717) is 6.07 Å². The molecule has 1 N–H and O–H groups in total. The van der Waals surface area contributed by atoms with E-state index in [1.807, 2.05) is 13.8 Å². The lowest BCUT2D eigenvalue weighted by atomic mass is 10.2. The molecule has 0 fully saturated rings. The summed E-state index contributed by atoms with van der Waals surface area (Å²) in [6.45, 7) is 4.00. The van der Waals surface area contributed by atoms with Crippen molar-refractivity contribution < 1.29 is 22.5 Å². The molecule has 24 heavy (non-hydrogen) atoms. The number of hydrogen-bond acceptors (Lipinski definition) is 3. The van der Waals surface area contributed by atoms with E-state index in [0.717, 1.165) is 12.1 Å². The molecule has 0 aliphatic heterocycles. The normalized spacial score (nSPS) is 10.6. The summed E-state index contributed by atoms with van der Waals surface area (Å²) < 4.78 is 51.4. The molecule has 0 saturated carbocycles. The second kappa shape index (κ2) is 8.09. The zero-order valence-electron chi connectivity index (χ0n) is 12.6. The van der Waals surface area contributed by atoms with E-state index >= 15 is 0 Å². The number of rotatable bonds is 3. The Morgan fingerprint density at radius 1 is 1.08 bits per heavy atom. The van der Waals surface area contributed by atoms with Gasteiger partial charge in [-0.3, -0.25) is 10.1 Å².